The number of hydrogen-bond donors (Lipinski definition) is 1. The Morgan fingerprint density at radius 3 is 2.30 bits per heavy atom. The summed E-state index contributed by atoms with van der Waals surface area (Å²) in [6, 6.07) is 4.94. The molecule has 1 N–H and O–H groups in total. The van der Waals surface area contributed by atoms with E-state index in [0.29, 0.717) is 0 Å². The van der Waals surface area contributed by atoms with Crippen LogP contribution in [0.5, 0.6) is 0 Å². The molecule has 0 aliphatic heterocycles. The molecule has 0 aliphatic rings. The lowest BCUT2D eigenvalue weighted by molar-refractivity contribution is -0.120. The summed E-state index contributed by atoms with van der Waals surface area (Å²) in [5, 5.41) is 2.77. The van der Waals surface area contributed by atoms with Crippen LogP contribution in [-0.2, 0) is 15.0 Å². The Balaban J connectivity index is 3.02. The zero-order valence-electron chi connectivity index (χ0n) is 13.9. The van der Waals surface area contributed by atoms with Gasteiger partial charge in [0.05, 0.1) is 5.69 Å². The molecule has 1 rings (SSSR count). The van der Waals surface area contributed by atoms with Crippen LogP contribution >= 0.6 is 0 Å². The molecule has 1 aromatic rings. The molecule has 8 heteroatoms. The highest BCUT2D eigenvalue weighted by atomic mass is 32.2. The fraction of sp³-hybridized carbons (Fsp3) is 0.533. The summed E-state index contributed by atoms with van der Waals surface area (Å²) in [7, 11) is -1.11. The molecule has 0 fully saturated rings. The highest BCUT2D eigenvalue weighted by Gasteiger charge is 2.27. The first kappa shape index (κ1) is 19.4. The number of nitrogens with zero attached hydrogens (tertiary/aromatic N) is 2. The minimum atomic E-state index is -3.86. The van der Waals surface area contributed by atoms with Crippen LogP contribution in [0.15, 0.2) is 24.3 Å². The smallest absolute Gasteiger partial charge is 0.304 e. The van der Waals surface area contributed by atoms with Gasteiger partial charge in [0.15, 0.2) is 0 Å². The third kappa shape index (κ3) is 5.47. The Kier molecular flexibility index (Phi) is 6.96. The van der Waals surface area contributed by atoms with Crippen LogP contribution in [0.4, 0.5) is 10.1 Å². The summed E-state index contributed by atoms with van der Waals surface area (Å²) < 4.78 is 39.9. The summed E-state index contributed by atoms with van der Waals surface area (Å²) in [6.45, 7) is 3.51. The first-order valence-corrected chi connectivity index (χ1v) is 8.83. The Hall–Kier alpha value is -1.67. The normalized spacial score (nSPS) is 13.0. The van der Waals surface area contributed by atoms with E-state index in [0.717, 1.165) is 33.6 Å². The van der Waals surface area contributed by atoms with Crippen molar-refractivity contribution in [1.29, 1.82) is 0 Å². The van der Waals surface area contributed by atoms with Crippen molar-refractivity contribution in [2.75, 3.05) is 24.9 Å². The number of hydrogen-bond acceptors (Lipinski definition) is 3. The molecule has 23 heavy (non-hydrogen) atoms. The number of halogens is 1. The largest absolute Gasteiger partial charge is 0.352 e. The molecular weight excluding hydrogens is 321 g/mol. The zero-order chi connectivity index (χ0) is 17.6. The highest BCUT2D eigenvalue weighted by Crippen LogP contribution is 2.19. The van der Waals surface area contributed by atoms with Gasteiger partial charge in [-0.3, -0.25) is 4.79 Å². The molecule has 1 aromatic carbocycles. The molecule has 0 spiro atoms. The SMILES string of the molecule is CCC[C@H](C)NC(=O)CN(c1ccc(F)cc1)S(=O)(=O)N(C)C. The van der Waals surface area contributed by atoms with Crippen LogP contribution in [0, 0.1) is 5.82 Å². The van der Waals surface area contributed by atoms with Crippen LogP contribution in [-0.4, -0.2) is 45.3 Å². The van der Waals surface area contributed by atoms with Gasteiger partial charge in [-0.15, -0.1) is 0 Å². The van der Waals surface area contributed by atoms with Gasteiger partial charge in [0.2, 0.25) is 5.91 Å². The summed E-state index contributed by atoms with van der Waals surface area (Å²) in [5.41, 5.74) is 0.235. The predicted molar refractivity (Wildman–Crippen MR) is 88.9 cm³/mol. The number of carbonyl (C=O) groups excluding carboxylic acids is 1. The zero-order valence-corrected chi connectivity index (χ0v) is 14.7. The minimum absolute atomic E-state index is 0.0374. The summed E-state index contributed by atoms with van der Waals surface area (Å²) in [6.07, 6.45) is 1.72. The molecule has 0 radical (unpaired) electrons. The van der Waals surface area contributed by atoms with Crippen LogP contribution in [0.25, 0.3) is 0 Å². The molecule has 0 heterocycles. The van der Waals surface area contributed by atoms with Gasteiger partial charge >= 0.3 is 10.2 Å². The van der Waals surface area contributed by atoms with Crippen molar-refractivity contribution in [3.8, 4) is 0 Å². The van der Waals surface area contributed by atoms with Crippen molar-refractivity contribution in [3.05, 3.63) is 30.1 Å². The predicted octanol–water partition coefficient (Wildman–Crippen LogP) is 1.74. The maximum Gasteiger partial charge on any atom is 0.304 e. The lowest BCUT2D eigenvalue weighted by Gasteiger charge is -2.27. The van der Waals surface area contributed by atoms with Gasteiger partial charge in [-0.05, 0) is 37.6 Å². The van der Waals surface area contributed by atoms with Crippen molar-refractivity contribution in [1.82, 2.24) is 9.62 Å². The van der Waals surface area contributed by atoms with E-state index in [9.17, 15) is 17.6 Å². The van der Waals surface area contributed by atoms with E-state index < -0.39 is 21.9 Å². The summed E-state index contributed by atoms with van der Waals surface area (Å²) >= 11 is 0. The van der Waals surface area contributed by atoms with Gasteiger partial charge in [-0.1, -0.05) is 13.3 Å². The fourth-order valence-corrected chi connectivity index (χ4v) is 3.13. The van der Waals surface area contributed by atoms with E-state index in [1.165, 1.54) is 26.2 Å². The molecule has 0 bridgehead atoms. The van der Waals surface area contributed by atoms with E-state index in [4.69, 9.17) is 0 Å². The molecule has 0 unspecified atom stereocenters. The molecule has 0 aromatic heterocycles. The first-order chi connectivity index (χ1) is 10.7. The molecule has 0 saturated heterocycles. The van der Waals surface area contributed by atoms with Gasteiger partial charge in [0.25, 0.3) is 0 Å². The van der Waals surface area contributed by atoms with Crippen molar-refractivity contribution in [2.24, 2.45) is 0 Å². The van der Waals surface area contributed by atoms with Crippen molar-refractivity contribution < 1.29 is 17.6 Å². The second kappa shape index (κ2) is 8.26. The van der Waals surface area contributed by atoms with Crippen LogP contribution in [0.2, 0.25) is 0 Å². The number of benzene rings is 1. The summed E-state index contributed by atoms with van der Waals surface area (Å²) in [5.74, 6) is -0.877. The van der Waals surface area contributed by atoms with E-state index in [1.54, 1.807) is 0 Å². The number of nitrogens with one attached hydrogen (secondary N) is 1. The molecule has 130 valence electrons. The third-order valence-corrected chi connectivity index (χ3v) is 5.09. The fourth-order valence-electron chi connectivity index (χ4n) is 2.07. The number of amides is 1. The standard InChI is InChI=1S/C15H24FN3O3S/c1-5-6-12(2)17-15(20)11-19(23(21,22)18(3)4)14-9-7-13(16)8-10-14/h7-10,12H,5-6,11H2,1-4H3,(H,17,20)/t12-/m0/s1. The van der Waals surface area contributed by atoms with Gasteiger partial charge < -0.3 is 5.32 Å². The van der Waals surface area contributed by atoms with Crippen LogP contribution < -0.4 is 9.62 Å². The second-order valence-corrected chi connectivity index (χ2v) is 7.60. The number of anilines is 1. The van der Waals surface area contributed by atoms with Crippen molar-refractivity contribution in [3.63, 3.8) is 0 Å². The maximum atomic E-state index is 13.1. The third-order valence-electron chi connectivity index (χ3n) is 3.27. The maximum absolute atomic E-state index is 13.1. The molecule has 0 aliphatic carbocycles. The molecular formula is C15H24FN3O3S. The molecule has 1 atom stereocenters. The van der Waals surface area contributed by atoms with Gasteiger partial charge in [-0.25, -0.2) is 8.70 Å². The Morgan fingerprint density at radius 1 is 1.26 bits per heavy atom. The lowest BCUT2D eigenvalue weighted by Crippen LogP contribution is -2.47. The second-order valence-electron chi connectivity index (χ2n) is 5.53. The van der Waals surface area contributed by atoms with E-state index in [-0.39, 0.29) is 18.3 Å². The molecule has 0 saturated carbocycles. The Labute approximate surface area is 137 Å². The van der Waals surface area contributed by atoms with Gasteiger partial charge in [0.1, 0.15) is 12.4 Å². The highest BCUT2D eigenvalue weighted by molar-refractivity contribution is 7.90. The number of carbonyl (C=O) groups is 1. The average molecular weight is 345 g/mol. The molecule has 6 nitrogen and oxygen atoms in total. The average Bonchev–Trinajstić information content (AvgIpc) is 2.45. The van der Waals surface area contributed by atoms with Crippen molar-refractivity contribution >= 4 is 21.8 Å². The van der Waals surface area contributed by atoms with Gasteiger partial charge in [0, 0.05) is 20.1 Å². The molecule has 1 amide bonds. The topological polar surface area (TPSA) is 69.7 Å². The number of rotatable bonds is 8. The van der Waals surface area contributed by atoms with E-state index >= 15 is 0 Å². The summed E-state index contributed by atoms with van der Waals surface area (Å²) in [4.78, 5) is 12.1. The monoisotopic (exact) mass is 345 g/mol. The van der Waals surface area contributed by atoms with E-state index in [2.05, 4.69) is 5.32 Å². The minimum Gasteiger partial charge on any atom is -0.352 e. The Bertz CT molecular complexity index is 617. The van der Waals surface area contributed by atoms with Gasteiger partial charge in [-0.2, -0.15) is 12.7 Å². The quantitative estimate of drug-likeness (QED) is 0.780. The first-order valence-electron chi connectivity index (χ1n) is 7.43. The van der Waals surface area contributed by atoms with E-state index in [1.807, 2.05) is 13.8 Å². The van der Waals surface area contributed by atoms with Crippen LogP contribution in [0.1, 0.15) is 26.7 Å². The van der Waals surface area contributed by atoms with Crippen LogP contribution in [0.3, 0.4) is 0 Å². The lowest BCUT2D eigenvalue weighted by atomic mass is 10.2. The van der Waals surface area contributed by atoms with Crippen molar-refractivity contribution in [2.45, 2.75) is 32.7 Å². The Morgan fingerprint density at radius 2 is 1.83 bits per heavy atom.